The predicted octanol–water partition coefficient (Wildman–Crippen LogP) is 3.54. The van der Waals surface area contributed by atoms with Crippen molar-refractivity contribution < 1.29 is 14.3 Å². The summed E-state index contributed by atoms with van der Waals surface area (Å²) in [5.41, 5.74) is 1.79. The number of benzene rings is 1. The van der Waals surface area contributed by atoms with Crippen LogP contribution in [0.2, 0.25) is 5.02 Å². The number of halogens is 1. The van der Waals surface area contributed by atoms with Gasteiger partial charge in [-0.3, -0.25) is 9.48 Å². The van der Waals surface area contributed by atoms with Crippen LogP contribution in [-0.2, 0) is 11.3 Å². The Kier molecular flexibility index (Phi) is 5.62. The van der Waals surface area contributed by atoms with Crippen LogP contribution >= 0.6 is 11.6 Å². The quantitative estimate of drug-likeness (QED) is 0.838. The molecule has 2 aromatic rings. The minimum atomic E-state index is -0.558. The Labute approximate surface area is 145 Å². The number of nitrogens with zero attached hydrogens (tertiary/aromatic N) is 2. The van der Waals surface area contributed by atoms with Gasteiger partial charge in [-0.1, -0.05) is 31.5 Å². The van der Waals surface area contributed by atoms with Gasteiger partial charge in [-0.25, -0.2) is 4.79 Å². The number of methoxy groups -OCH3 is 1. The molecule has 24 heavy (non-hydrogen) atoms. The molecule has 0 spiro atoms. The Morgan fingerprint density at radius 1 is 1.33 bits per heavy atom. The number of ether oxygens (including phenoxy) is 1. The third-order valence-corrected chi connectivity index (χ3v) is 3.95. The first-order valence-electron chi connectivity index (χ1n) is 7.55. The molecule has 7 heteroatoms. The van der Waals surface area contributed by atoms with Gasteiger partial charge in [-0.2, -0.15) is 5.10 Å². The fourth-order valence-corrected chi connectivity index (χ4v) is 2.54. The standard InChI is InChI=1S/C17H20ClN3O3/c1-10(2)9-21-11(3)13(8-19-21)16(22)20-14-7-5-6-12(15(14)18)17(23)24-4/h5-8,10H,9H2,1-4H3,(H,20,22). The van der Waals surface area contributed by atoms with Crippen LogP contribution in [0.25, 0.3) is 0 Å². The molecule has 1 aromatic carbocycles. The van der Waals surface area contributed by atoms with Crippen molar-refractivity contribution in [3.8, 4) is 0 Å². The van der Waals surface area contributed by atoms with Gasteiger partial charge in [0.2, 0.25) is 0 Å². The van der Waals surface area contributed by atoms with Crippen LogP contribution in [-0.4, -0.2) is 28.8 Å². The first kappa shape index (κ1) is 18.0. The Morgan fingerprint density at radius 3 is 2.67 bits per heavy atom. The first-order chi connectivity index (χ1) is 11.3. The van der Waals surface area contributed by atoms with E-state index < -0.39 is 5.97 Å². The SMILES string of the molecule is COC(=O)c1cccc(NC(=O)c2cnn(CC(C)C)c2C)c1Cl. The maximum absolute atomic E-state index is 12.5. The van der Waals surface area contributed by atoms with E-state index in [1.165, 1.54) is 19.4 Å². The molecule has 0 aliphatic rings. The van der Waals surface area contributed by atoms with Gasteiger partial charge < -0.3 is 10.1 Å². The summed E-state index contributed by atoms with van der Waals surface area (Å²) in [5.74, 6) is -0.464. The minimum Gasteiger partial charge on any atom is -0.465 e. The molecule has 0 bridgehead atoms. The van der Waals surface area contributed by atoms with Gasteiger partial charge in [0.1, 0.15) is 0 Å². The monoisotopic (exact) mass is 349 g/mol. The zero-order valence-electron chi connectivity index (χ0n) is 14.1. The summed E-state index contributed by atoms with van der Waals surface area (Å²) >= 11 is 6.19. The van der Waals surface area contributed by atoms with Crippen molar-refractivity contribution in [2.75, 3.05) is 12.4 Å². The molecule has 0 unspecified atom stereocenters. The van der Waals surface area contributed by atoms with Crippen LogP contribution in [0.1, 0.15) is 40.3 Å². The molecule has 0 saturated carbocycles. The summed E-state index contributed by atoms with van der Waals surface area (Å²) in [6, 6.07) is 4.79. The summed E-state index contributed by atoms with van der Waals surface area (Å²) < 4.78 is 6.47. The Hall–Kier alpha value is -2.34. The van der Waals surface area contributed by atoms with Crippen molar-refractivity contribution in [3.05, 3.63) is 46.2 Å². The third-order valence-electron chi connectivity index (χ3n) is 3.54. The second-order valence-corrected chi connectivity index (χ2v) is 6.21. The molecular formula is C17H20ClN3O3. The highest BCUT2D eigenvalue weighted by molar-refractivity contribution is 6.36. The van der Waals surface area contributed by atoms with Crippen LogP contribution in [0.4, 0.5) is 5.69 Å². The van der Waals surface area contributed by atoms with Gasteiger partial charge in [-0.15, -0.1) is 0 Å². The number of anilines is 1. The van der Waals surface area contributed by atoms with Gasteiger partial charge in [0.15, 0.2) is 0 Å². The number of esters is 1. The van der Waals surface area contributed by atoms with Crippen molar-refractivity contribution in [2.24, 2.45) is 5.92 Å². The summed E-state index contributed by atoms with van der Waals surface area (Å²) in [7, 11) is 1.27. The molecule has 0 atom stereocenters. The van der Waals surface area contributed by atoms with Crippen molar-refractivity contribution in [1.82, 2.24) is 9.78 Å². The van der Waals surface area contributed by atoms with Crippen molar-refractivity contribution in [3.63, 3.8) is 0 Å². The molecule has 1 N–H and O–H groups in total. The fraction of sp³-hybridized carbons (Fsp3) is 0.353. The molecule has 1 heterocycles. The van der Waals surface area contributed by atoms with Crippen LogP contribution in [0, 0.1) is 12.8 Å². The Morgan fingerprint density at radius 2 is 2.04 bits per heavy atom. The number of carbonyl (C=O) groups excluding carboxylic acids is 2. The third kappa shape index (κ3) is 3.76. The highest BCUT2D eigenvalue weighted by atomic mass is 35.5. The van der Waals surface area contributed by atoms with Crippen LogP contribution in [0.3, 0.4) is 0 Å². The molecule has 0 saturated heterocycles. The lowest BCUT2D eigenvalue weighted by atomic mass is 10.1. The molecule has 2 rings (SSSR count). The van der Waals surface area contributed by atoms with Crippen LogP contribution in [0.5, 0.6) is 0 Å². The highest BCUT2D eigenvalue weighted by Gasteiger charge is 2.18. The van der Waals surface area contributed by atoms with E-state index in [1.54, 1.807) is 16.8 Å². The average molecular weight is 350 g/mol. The number of rotatable bonds is 5. The molecule has 128 valence electrons. The van der Waals surface area contributed by atoms with Crippen molar-refractivity contribution in [2.45, 2.75) is 27.3 Å². The fourth-order valence-electron chi connectivity index (χ4n) is 2.29. The summed E-state index contributed by atoms with van der Waals surface area (Å²) in [4.78, 5) is 24.2. The first-order valence-corrected chi connectivity index (χ1v) is 7.93. The number of amides is 1. The Balaban J connectivity index is 2.25. The van der Waals surface area contributed by atoms with E-state index in [0.717, 1.165) is 12.2 Å². The summed E-state index contributed by atoms with van der Waals surface area (Å²) in [6.45, 7) is 6.74. The number of hydrogen-bond acceptors (Lipinski definition) is 4. The van der Waals surface area contributed by atoms with Crippen LogP contribution < -0.4 is 5.32 Å². The van der Waals surface area contributed by atoms with E-state index in [4.69, 9.17) is 11.6 Å². The predicted molar refractivity (Wildman–Crippen MR) is 92.5 cm³/mol. The highest BCUT2D eigenvalue weighted by Crippen LogP contribution is 2.27. The smallest absolute Gasteiger partial charge is 0.339 e. The van der Waals surface area contributed by atoms with Crippen molar-refractivity contribution in [1.29, 1.82) is 0 Å². The lowest BCUT2D eigenvalue weighted by molar-refractivity contribution is 0.0600. The van der Waals surface area contributed by atoms with Gasteiger partial charge >= 0.3 is 5.97 Å². The topological polar surface area (TPSA) is 73.2 Å². The Bertz CT molecular complexity index is 768. The minimum absolute atomic E-state index is 0.143. The molecule has 0 aliphatic heterocycles. The number of carbonyl (C=O) groups is 2. The average Bonchev–Trinajstić information content (AvgIpc) is 2.89. The zero-order chi connectivity index (χ0) is 17.9. The molecule has 0 aliphatic carbocycles. The lowest BCUT2D eigenvalue weighted by Gasteiger charge is -2.10. The van der Waals surface area contributed by atoms with Gasteiger partial charge in [-0.05, 0) is 25.0 Å². The number of aromatic nitrogens is 2. The van der Waals surface area contributed by atoms with E-state index in [-0.39, 0.29) is 16.5 Å². The van der Waals surface area contributed by atoms with Gasteiger partial charge in [0.25, 0.3) is 5.91 Å². The lowest BCUT2D eigenvalue weighted by Crippen LogP contribution is -2.15. The van der Waals surface area contributed by atoms with Gasteiger partial charge in [0, 0.05) is 12.2 Å². The maximum atomic E-state index is 12.5. The second-order valence-electron chi connectivity index (χ2n) is 5.83. The number of nitrogens with one attached hydrogen (secondary N) is 1. The zero-order valence-corrected chi connectivity index (χ0v) is 14.8. The molecule has 1 amide bonds. The molecular weight excluding hydrogens is 330 g/mol. The van der Waals surface area contributed by atoms with E-state index in [0.29, 0.717) is 17.2 Å². The number of hydrogen-bond donors (Lipinski definition) is 1. The molecule has 0 fully saturated rings. The molecule has 0 radical (unpaired) electrons. The van der Waals surface area contributed by atoms with Crippen LogP contribution in [0.15, 0.2) is 24.4 Å². The summed E-state index contributed by atoms with van der Waals surface area (Å²) in [6.07, 6.45) is 1.53. The maximum Gasteiger partial charge on any atom is 0.339 e. The van der Waals surface area contributed by atoms with Gasteiger partial charge in [0.05, 0.1) is 35.1 Å². The van der Waals surface area contributed by atoms with E-state index >= 15 is 0 Å². The normalized spacial score (nSPS) is 10.8. The molecule has 1 aromatic heterocycles. The van der Waals surface area contributed by atoms with E-state index in [9.17, 15) is 9.59 Å². The molecule has 6 nitrogen and oxygen atoms in total. The summed E-state index contributed by atoms with van der Waals surface area (Å²) in [5, 5.41) is 7.11. The van der Waals surface area contributed by atoms with E-state index in [1.807, 2.05) is 6.92 Å². The van der Waals surface area contributed by atoms with E-state index in [2.05, 4.69) is 29.0 Å². The second kappa shape index (κ2) is 7.49. The largest absolute Gasteiger partial charge is 0.465 e. The van der Waals surface area contributed by atoms with Crippen molar-refractivity contribution >= 4 is 29.2 Å².